The molecule has 1 unspecified atom stereocenters. The van der Waals surface area contributed by atoms with Gasteiger partial charge in [0.25, 0.3) is 11.5 Å². The topological polar surface area (TPSA) is 134 Å². The van der Waals surface area contributed by atoms with E-state index in [1.807, 2.05) is 0 Å². The Labute approximate surface area is 177 Å². The monoisotopic (exact) mass is 478 g/mol. The summed E-state index contributed by atoms with van der Waals surface area (Å²) in [7, 11) is 0. The number of hydrogen-bond donors (Lipinski definition) is 4. The molecule has 4 N–H and O–H groups in total. The molecular formula is C19H31BrN2O7. The number of H-pyrrole nitrogens is 1. The van der Waals surface area contributed by atoms with Gasteiger partial charge in [0.1, 0.15) is 12.2 Å². The first kappa shape index (κ1) is 24.2. The average molecular weight is 479 g/mol. The van der Waals surface area contributed by atoms with Crippen molar-refractivity contribution in [2.45, 2.75) is 80.9 Å². The fourth-order valence-corrected chi connectivity index (χ4v) is 4.07. The van der Waals surface area contributed by atoms with Crippen LogP contribution in [0.5, 0.6) is 0 Å². The molecule has 166 valence electrons. The lowest BCUT2D eigenvalue weighted by Crippen LogP contribution is -2.53. The van der Waals surface area contributed by atoms with Gasteiger partial charge in [-0.15, -0.1) is 0 Å². The number of aliphatic hydroxyl groups is 3. The summed E-state index contributed by atoms with van der Waals surface area (Å²) in [4.78, 5) is 26.2. The summed E-state index contributed by atoms with van der Waals surface area (Å²) >= 11 is 3.68. The van der Waals surface area contributed by atoms with E-state index in [-0.39, 0.29) is 6.61 Å². The second-order valence-corrected chi connectivity index (χ2v) is 8.62. The van der Waals surface area contributed by atoms with Crippen LogP contribution in [0.2, 0.25) is 0 Å². The van der Waals surface area contributed by atoms with Crippen molar-refractivity contribution >= 4 is 15.9 Å². The maximum Gasteiger partial charge on any atom is 0.332 e. The van der Waals surface area contributed by atoms with E-state index in [0.717, 1.165) is 36.1 Å². The zero-order valence-electron chi connectivity index (χ0n) is 16.6. The first-order valence-corrected chi connectivity index (χ1v) is 11.0. The molecule has 0 amide bonds. The molecule has 5 atom stereocenters. The van der Waals surface area contributed by atoms with E-state index >= 15 is 0 Å². The molecule has 1 aliphatic heterocycles. The Balaban J connectivity index is 2.03. The summed E-state index contributed by atoms with van der Waals surface area (Å²) in [5, 5.41) is 30.1. The number of halogens is 1. The van der Waals surface area contributed by atoms with E-state index in [9.17, 15) is 24.9 Å². The summed E-state index contributed by atoms with van der Waals surface area (Å²) in [6, 6.07) is 1.09. The fourth-order valence-electron chi connectivity index (χ4n) is 3.42. The lowest BCUT2D eigenvalue weighted by Gasteiger charge is -2.33. The van der Waals surface area contributed by atoms with E-state index in [0.29, 0.717) is 11.2 Å². The number of rotatable bonds is 12. The zero-order valence-corrected chi connectivity index (χ0v) is 18.2. The maximum atomic E-state index is 12.3. The molecule has 10 heteroatoms. The summed E-state index contributed by atoms with van der Waals surface area (Å²) in [6.07, 6.45) is 4.09. The Kier molecular flexibility index (Phi) is 9.51. The van der Waals surface area contributed by atoms with Gasteiger partial charge in [0.05, 0.1) is 13.2 Å². The second kappa shape index (κ2) is 11.4. The van der Waals surface area contributed by atoms with E-state index in [1.165, 1.54) is 19.3 Å². The first-order chi connectivity index (χ1) is 13.9. The SMILES string of the molecule is CCCCCC(Br)CCCCO[C@@]1(n2ccc(=O)[nH]c2=O)O[C@H](CO)[C@@H](O)[C@H]1O. The third-order valence-electron chi connectivity index (χ3n) is 5.08. The normalized spacial score (nSPS) is 28.0. The minimum absolute atomic E-state index is 0.155. The smallest absolute Gasteiger partial charge is 0.332 e. The molecule has 2 rings (SSSR count). The number of aromatic nitrogens is 2. The van der Waals surface area contributed by atoms with Crippen molar-refractivity contribution in [2.75, 3.05) is 13.2 Å². The van der Waals surface area contributed by atoms with Crippen molar-refractivity contribution in [3.8, 4) is 0 Å². The number of unbranched alkanes of at least 4 members (excludes halogenated alkanes) is 3. The molecule has 0 bridgehead atoms. The summed E-state index contributed by atoms with van der Waals surface area (Å²) in [5.41, 5.74) is -1.46. The lowest BCUT2D eigenvalue weighted by molar-refractivity contribution is -0.318. The van der Waals surface area contributed by atoms with Gasteiger partial charge in [0.2, 0.25) is 0 Å². The molecule has 0 aliphatic carbocycles. The third-order valence-corrected chi connectivity index (χ3v) is 6.00. The van der Waals surface area contributed by atoms with E-state index < -0.39 is 42.1 Å². The second-order valence-electron chi connectivity index (χ2n) is 7.32. The molecule has 1 aromatic heterocycles. The molecule has 2 heterocycles. The van der Waals surface area contributed by atoms with Crippen LogP contribution in [0.4, 0.5) is 0 Å². The van der Waals surface area contributed by atoms with Crippen LogP contribution >= 0.6 is 15.9 Å². The van der Waals surface area contributed by atoms with E-state index in [4.69, 9.17) is 9.47 Å². The highest BCUT2D eigenvalue weighted by atomic mass is 79.9. The van der Waals surface area contributed by atoms with Gasteiger partial charge in [0.15, 0.2) is 6.10 Å². The number of hydrogen-bond acceptors (Lipinski definition) is 7. The molecule has 0 aromatic carbocycles. The Hall–Kier alpha value is -1.04. The Bertz CT molecular complexity index is 740. The number of nitrogens with zero attached hydrogens (tertiary/aromatic N) is 1. The van der Waals surface area contributed by atoms with Crippen molar-refractivity contribution < 1.29 is 24.8 Å². The molecule has 29 heavy (non-hydrogen) atoms. The minimum atomic E-state index is -2.02. The quantitative estimate of drug-likeness (QED) is 0.257. The zero-order chi connectivity index (χ0) is 21.4. The lowest BCUT2D eigenvalue weighted by atomic mass is 10.1. The molecule has 0 saturated carbocycles. The van der Waals surface area contributed by atoms with Crippen molar-refractivity contribution in [1.29, 1.82) is 0 Å². The van der Waals surface area contributed by atoms with Crippen LogP contribution < -0.4 is 11.2 Å². The molecular weight excluding hydrogens is 448 g/mol. The van der Waals surface area contributed by atoms with Crippen LogP contribution in [0.3, 0.4) is 0 Å². The predicted molar refractivity (Wildman–Crippen MR) is 110 cm³/mol. The van der Waals surface area contributed by atoms with Crippen molar-refractivity contribution in [1.82, 2.24) is 9.55 Å². The van der Waals surface area contributed by atoms with Crippen LogP contribution in [-0.2, 0) is 15.4 Å². The van der Waals surface area contributed by atoms with Gasteiger partial charge >= 0.3 is 5.69 Å². The highest BCUT2D eigenvalue weighted by Gasteiger charge is 2.57. The summed E-state index contributed by atoms with van der Waals surface area (Å²) in [6.45, 7) is 1.76. The van der Waals surface area contributed by atoms with Gasteiger partial charge < -0.3 is 24.8 Å². The van der Waals surface area contributed by atoms with E-state index in [1.54, 1.807) is 0 Å². The van der Waals surface area contributed by atoms with Gasteiger partial charge in [-0.3, -0.25) is 9.78 Å². The number of aliphatic hydroxyl groups excluding tert-OH is 3. The Morgan fingerprint density at radius 3 is 2.55 bits per heavy atom. The van der Waals surface area contributed by atoms with Gasteiger partial charge in [-0.05, 0) is 19.3 Å². The number of alkyl halides is 1. The fraction of sp³-hybridized carbons (Fsp3) is 0.789. The summed E-state index contributed by atoms with van der Waals surface area (Å²) < 4.78 is 12.3. The molecule has 1 aromatic rings. The van der Waals surface area contributed by atoms with Crippen molar-refractivity contribution in [3.05, 3.63) is 33.1 Å². The number of aromatic amines is 1. The molecule has 1 saturated heterocycles. The Morgan fingerprint density at radius 1 is 1.28 bits per heavy atom. The number of ether oxygens (including phenoxy) is 2. The molecule has 9 nitrogen and oxygen atoms in total. The molecule has 1 aliphatic rings. The Morgan fingerprint density at radius 2 is 1.97 bits per heavy atom. The average Bonchev–Trinajstić information content (AvgIpc) is 2.93. The molecule has 0 spiro atoms. The largest absolute Gasteiger partial charge is 0.394 e. The molecule has 0 radical (unpaired) electrons. The van der Waals surface area contributed by atoms with Crippen molar-refractivity contribution in [3.63, 3.8) is 0 Å². The van der Waals surface area contributed by atoms with Gasteiger partial charge in [0, 0.05) is 17.1 Å². The maximum absolute atomic E-state index is 12.3. The number of nitrogens with one attached hydrogen (secondary N) is 1. The molecule has 1 fully saturated rings. The highest BCUT2D eigenvalue weighted by molar-refractivity contribution is 9.09. The highest BCUT2D eigenvalue weighted by Crippen LogP contribution is 2.36. The predicted octanol–water partition coefficient (Wildman–Crippen LogP) is 0.790. The van der Waals surface area contributed by atoms with Crippen LogP contribution in [0.1, 0.15) is 51.9 Å². The van der Waals surface area contributed by atoms with Gasteiger partial charge in [-0.25, -0.2) is 9.36 Å². The van der Waals surface area contributed by atoms with Crippen LogP contribution in [0.15, 0.2) is 21.9 Å². The summed E-state index contributed by atoms with van der Waals surface area (Å²) in [5.74, 6) is -2.02. The van der Waals surface area contributed by atoms with Gasteiger partial charge in [-0.1, -0.05) is 48.5 Å². The van der Waals surface area contributed by atoms with Crippen molar-refractivity contribution in [2.24, 2.45) is 0 Å². The van der Waals surface area contributed by atoms with Crippen LogP contribution in [0, 0.1) is 0 Å². The van der Waals surface area contributed by atoms with Gasteiger partial charge in [-0.2, -0.15) is 0 Å². The van der Waals surface area contributed by atoms with E-state index in [2.05, 4.69) is 27.8 Å². The van der Waals surface area contributed by atoms with Crippen LogP contribution in [0.25, 0.3) is 0 Å². The first-order valence-electron chi connectivity index (χ1n) is 10.1. The van der Waals surface area contributed by atoms with Crippen LogP contribution in [-0.4, -0.2) is 61.2 Å². The standard InChI is InChI=1S/C19H31BrN2O7/c1-2-3-4-7-13(20)8-5-6-11-28-19(17(26)16(25)14(12-23)29-19)22-10-9-15(24)21-18(22)27/h9-10,13-14,16-17,23,25-26H,2-8,11-12H2,1H3,(H,21,24,27)/t13?,14-,16-,17-,19-/m1/s1. The minimum Gasteiger partial charge on any atom is -0.394 e. The third kappa shape index (κ3) is 5.99.